The van der Waals surface area contributed by atoms with Crippen molar-refractivity contribution in [3.05, 3.63) is 70.7 Å². The van der Waals surface area contributed by atoms with Crippen LogP contribution in [0.2, 0.25) is 5.02 Å². The highest BCUT2D eigenvalue weighted by atomic mass is 35.5. The highest BCUT2D eigenvalue weighted by Gasteiger charge is 2.42. The molecule has 1 aliphatic heterocycles. The summed E-state index contributed by atoms with van der Waals surface area (Å²) in [4.78, 5) is 13.8. The number of halogens is 1. The SMILES string of the molecule is CN1C(=O)C[C@H](c2ccccc2)[C@@H]1[C@H](O)c1cccc(Cl)c1. The number of likely N-dealkylation sites (N-methyl/N-ethyl adjacent to an activating group) is 1. The topological polar surface area (TPSA) is 40.5 Å². The van der Waals surface area contributed by atoms with Crippen molar-refractivity contribution in [1.29, 1.82) is 0 Å². The highest BCUT2D eigenvalue weighted by molar-refractivity contribution is 6.30. The van der Waals surface area contributed by atoms with Crippen LogP contribution in [0.4, 0.5) is 0 Å². The van der Waals surface area contributed by atoms with Crippen molar-refractivity contribution in [2.45, 2.75) is 24.5 Å². The molecule has 0 bridgehead atoms. The van der Waals surface area contributed by atoms with Crippen LogP contribution in [-0.2, 0) is 4.79 Å². The van der Waals surface area contributed by atoms with Crippen molar-refractivity contribution in [2.75, 3.05) is 7.05 Å². The van der Waals surface area contributed by atoms with E-state index in [1.54, 1.807) is 24.1 Å². The molecule has 1 heterocycles. The van der Waals surface area contributed by atoms with Gasteiger partial charge in [0.05, 0.1) is 6.04 Å². The van der Waals surface area contributed by atoms with Crippen molar-refractivity contribution in [3.63, 3.8) is 0 Å². The zero-order chi connectivity index (χ0) is 15.7. The largest absolute Gasteiger partial charge is 0.386 e. The average Bonchev–Trinajstić information content (AvgIpc) is 2.83. The molecule has 0 radical (unpaired) electrons. The van der Waals surface area contributed by atoms with Gasteiger partial charge < -0.3 is 10.0 Å². The lowest BCUT2D eigenvalue weighted by Gasteiger charge is -2.30. The number of hydrogen-bond donors (Lipinski definition) is 1. The Bertz CT molecular complexity index is 674. The molecule has 1 N–H and O–H groups in total. The first kappa shape index (κ1) is 15.1. The number of rotatable bonds is 3. The summed E-state index contributed by atoms with van der Waals surface area (Å²) in [5.41, 5.74) is 1.81. The fourth-order valence-corrected chi connectivity index (χ4v) is 3.42. The van der Waals surface area contributed by atoms with Crippen LogP contribution >= 0.6 is 11.6 Å². The maximum atomic E-state index is 12.2. The van der Waals surface area contributed by atoms with Gasteiger partial charge in [0.2, 0.25) is 5.91 Å². The van der Waals surface area contributed by atoms with Gasteiger partial charge in [-0.15, -0.1) is 0 Å². The first-order chi connectivity index (χ1) is 10.6. The minimum atomic E-state index is -0.764. The Kier molecular flexibility index (Phi) is 4.19. The van der Waals surface area contributed by atoms with Crippen LogP contribution in [0.15, 0.2) is 54.6 Å². The van der Waals surface area contributed by atoms with Gasteiger partial charge in [0.1, 0.15) is 6.10 Å². The minimum Gasteiger partial charge on any atom is -0.386 e. The number of likely N-dealkylation sites (tertiary alicyclic amines) is 1. The summed E-state index contributed by atoms with van der Waals surface area (Å²) in [5, 5.41) is 11.4. The van der Waals surface area contributed by atoms with E-state index < -0.39 is 6.10 Å². The van der Waals surface area contributed by atoms with Gasteiger partial charge in [-0.3, -0.25) is 4.79 Å². The number of nitrogens with zero attached hydrogens (tertiary/aromatic N) is 1. The second-order valence-corrected chi connectivity index (χ2v) is 6.15. The Balaban J connectivity index is 1.96. The van der Waals surface area contributed by atoms with E-state index >= 15 is 0 Å². The molecule has 1 saturated heterocycles. The lowest BCUT2D eigenvalue weighted by molar-refractivity contribution is -0.128. The van der Waals surface area contributed by atoms with Crippen LogP contribution in [-0.4, -0.2) is 29.0 Å². The van der Waals surface area contributed by atoms with E-state index in [1.807, 2.05) is 42.5 Å². The minimum absolute atomic E-state index is 0.0207. The van der Waals surface area contributed by atoms with Crippen molar-refractivity contribution in [3.8, 4) is 0 Å². The maximum absolute atomic E-state index is 12.2. The number of aliphatic hydroxyl groups is 1. The van der Waals surface area contributed by atoms with Crippen LogP contribution in [0.1, 0.15) is 29.6 Å². The normalized spacial score (nSPS) is 22.9. The van der Waals surface area contributed by atoms with E-state index in [0.717, 1.165) is 11.1 Å². The Morgan fingerprint density at radius 2 is 1.91 bits per heavy atom. The first-order valence-electron chi connectivity index (χ1n) is 7.32. The van der Waals surface area contributed by atoms with E-state index in [-0.39, 0.29) is 17.9 Å². The Morgan fingerprint density at radius 3 is 2.59 bits per heavy atom. The van der Waals surface area contributed by atoms with Gasteiger partial charge in [-0.1, -0.05) is 54.1 Å². The van der Waals surface area contributed by atoms with E-state index in [4.69, 9.17) is 11.6 Å². The highest BCUT2D eigenvalue weighted by Crippen LogP contribution is 2.40. The second-order valence-electron chi connectivity index (χ2n) is 5.72. The number of carbonyl (C=O) groups excluding carboxylic acids is 1. The molecule has 3 rings (SSSR count). The third-order valence-corrected chi connectivity index (χ3v) is 4.62. The van der Waals surface area contributed by atoms with E-state index in [1.165, 1.54) is 0 Å². The summed E-state index contributed by atoms with van der Waals surface area (Å²) in [5.74, 6) is 0.0348. The van der Waals surface area contributed by atoms with Crippen molar-refractivity contribution in [2.24, 2.45) is 0 Å². The molecule has 0 unspecified atom stereocenters. The molecule has 4 heteroatoms. The number of aliphatic hydroxyl groups excluding tert-OH is 1. The maximum Gasteiger partial charge on any atom is 0.223 e. The van der Waals surface area contributed by atoms with Gasteiger partial charge in [0, 0.05) is 24.4 Å². The summed E-state index contributed by atoms with van der Waals surface area (Å²) in [6.45, 7) is 0. The smallest absolute Gasteiger partial charge is 0.223 e. The van der Waals surface area contributed by atoms with E-state index in [0.29, 0.717) is 11.4 Å². The summed E-state index contributed by atoms with van der Waals surface area (Å²) in [6, 6.07) is 16.8. The van der Waals surface area contributed by atoms with Gasteiger partial charge in [-0.25, -0.2) is 0 Å². The first-order valence-corrected chi connectivity index (χ1v) is 7.70. The predicted octanol–water partition coefficient (Wildman–Crippen LogP) is 3.39. The molecule has 2 aromatic rings. The van der Waals surface area contributed by atoms with E-state index in [2.05, 4.69) is 0 Å². The van der Waals surface area contributed by atoms with Crippen LogP contribution in [0.25, 0.3) is 0 Å². The second kappa shape index (κ2) is 6.11. The van der Waals surface area contributed by atoms with E-state index in [9.17, 15) is 9.90 Å². The molecular weight excluding hydrogens is 298 g/mol. The van der Waals surface area contributed by atoms with Crippen molar-refractivity contribution < 1.29 is 9.90 Å². The quantitative estimate of drug-likeness (QED) is 0.943. The molecule has 3 atom stereocenters. The van der Waals surface area contributed by atoms with Gasteiger partial charge in [0.25, 0.3) is 0 Å². The van der Waals surface area contributed by atoms with Gasteiger partial charge >= 0.3 is 0 Å². The number of amides is 1. The number of hydrogen-bond acceptors (Lipinski definition) is 2. The molecule has 22 heavy (non-hydrogen) atoms. The van der Waals surface area contributed by atoms with Crippen molar-refractivity contribution >= 4 is 17.5 Å². The molecule has 0 saturated carbocycles. The molecule has 1 fully saturated rings. The Labute approximate surface area is 135 Å². The third-order valence-electron chi connectivity index (χ3n) is 4.39. The summed E-state index contributed by atoms with van der Waals surface area (Å²) < 4.78 is 0. The molecular formula is C18H18ClNO2. The molecule has 114 valence electrons. The monoisotopic (exact) mass is 315 g/mol. The number of carbonyl (C=O) groups is 1. The van der Waals surface area contributed by atoms with Crippen LogP contribution < -0.4 is 0 Å². The van der Waals surface area contributed by atoms with Crippen molar-refractivity contribution in [1.82, 2.24) is 4.90 Å². The molecule has 0 aromatic heterocycles. The lowest BCUT2D eigenvalue weighted by atomic mass is 9.86. The molecule has 2 aromatic carbocycles. The summed E-state index contributed by atoms with van der Waals surface area (Å²) in [6.07, 6.45) is -0.344. The fourth-order valence-electron chi connectivity index (χ4n) is 3.22. The van der Waals surface area contributed by atoms with Crippen LogP contribution in [0.5, 0.6) is 0 Å². The molecule has 1 amide bonds. The molecule has 1 aliphatic rings. The Hall–Kier alpha value is -1.84. The fraction of sp³-hybridized carbons (Fsp3) is 0.278. The van der Waals surface area contributed by atoms with Gasteiger partial charge in [0.15, 0.2) is 0 Å². The zero-order valence-electron chi connectivity index (χ0n) is 12.3. The molecule has 0 spiro atoms. The lowest BCUT2D eigenvalue weighted by Crippen LogP contribution is -2.36. The zero-order valence-corrected chi connectivity index (χ0v) is 13.1. The molecule has 3 nitrogen and oxygen atoms in total. The average molecular weight is 316 g/mol. The number of benzene rings is 2. The third kappa shape index (κ3) is 2.74. The molecule has 0 aliphatic carbocycles. The standard InChI is InChI=1S/C18H18ClNO2/c1-20-16(21)11-15(12-6-3-2-4-7-12)17(20)18(22)13-8-5-9-14(19)10-13/h2-10,15,17-18,22H,11H2,1H3/t15-,17-,18-/m1/s1. The van der Waals surface area contributed by atoms with Crippen LogP contribution in [0.3, 0.4) is 0 Å². The Morgan fingerprint density at radius 1 is 1.18 bits per heavy atom. The van der Waals surface area contributed by atoms with Gasteiger partial charge in [-0.2, -0.15) is 0 Å². The summed E-state index contributed by atoms with van der Waals surface area (Å²) in [7, 11) is 1.75. The summed E-state index contributed by atoms with van der Waals surface area (Å²) >= 11 is 6.02. The predicted molar refractivity (Wildman–Crippen MR) is 86.8 cm³/mol. The van der Waals surface area contributed by atoms with Gasteiger partial charge in [-0.05, 0) is 23.3 Å². The van der Waals surface area contributed by atoms with Crippen LogP contribution in [0, 0.1) is 0 Å².